The van der Waals surface area contributed by atoms with Gasteiger partial charge in [0.05, 0.1) is 19.3 Å². The van der Waals surface area contributed by atoms with Gasteiger partial charge in [-0.15, -0.1) is 0 Å². The van der Waals surface area contributed by atoms with Crippen LogP contribution in [-0.4, -0.2) is 22.3 Å². The molecular formula is C9H14N2O. The maximum atomic E-state index is 5.17. The van der Waals surface area contributed by atoms with Gasteiger partial charge in [0.25, 0.3) is 0 Å². The highest BCUT2D eigenvalue weighted by Gasteiger charge is 2.23. The molecule has 2 rings (SSSR count). The Morgan fingerprint density at radius 3 is 3.08 bits per heavy atom. The van der Waals surface area contributed by atoms with E-state index in [9.17, 15) is 0 Å². The Morgan fingerprint density at radius 2 is 2.50 bits per heavy atom. The molecule has 1 saturated heterocycles. The monoisotopic (exact) mass is 166 g/mol. The van der Waals surface area contributed by atoms with Gasteiger partial charge in [0.2, 0.25) is 0 Å². The van der Waals surface area contributed by atoms with Crippen LogP contribution in [0.15, 0.2) is 12.4 Å². The Bertz CT molecular complexity index is 263. The molecule has 1 aliphatic rings. The van der Waals surface area contributed by atoms with E-state index in [1.54, 1.807) is 0 Å². The molecule has 3 heteroatoms. The van der Waals surface area contributed by atoms with Gasteiger partial charge in [-0.2, -0.15) is 0 Å². The first kappa shape index (κ1) is 7.80. The molecule has 1 aliphatic heterocycles. The SMILES string of the molecule is CC(C)c1nccn1C[C@H]1CO1. The second-order valence-corrected chi connectivity index (χ2v) is 3.55. The summed E-state index contributed by atoms with van der Waals surface area (Å²) in [6, 6.07) is 0. The van der Waals surface area contributed by atoms with Gasteiger partial charge >= 0.3 is 0 Å². The van der Waals surface area contributed by atoms with Crippen LogP contribution in [0.25, 0.3) is 0 Å². The average Bonchev–Trinajstić information content (AvgIpc) is 2.66. The molecule has 1 atom stereocenters. The molecule has 0 spiro atoms. The molecule has 1 aromatic heterocycles. The summed E-state index contributed by atoms with van der Waals surface area (Å²) in [5.41, 5.74) is 0. The fourth-order valence-corrected chi connectivity index (χ4v) is 1.37. The summed E-state index contributed by atoms with van der Waals surface area (Å²) in [6.07, 6.45) is 4.33. The van der Waals surface area contributed by atoms with Crippen molar-refractivity contribution < 1.29 is 4.74 Å². The second-order valence-electron chi connectivity index (χ2n) is 3.55. The lowest BCUT2D eigenvalue weighted by atomic mass is 10.2. The smallest absolute Gasteiger partial charge is 0.111 e. The number of nitrogens with zero attached hydrogens (tertiary/aromatic N) is 2. The van der Waals surface area contributed by atoms with Crippen LogP contribution in [0.4, 0.5) is 0 Å². The predicted molar refractivity (Wildman–Crippen MR) is 46.1 cm³/mol. The lowest BCUT2D eigenvalue weighted by molar-refractivity contribution is 0.378. The van der Waals surface area contributed by atoms with E-state index < -0.39 is 0 Å². The predicted octanol–water partition coefficient (Wildman–Crippen LogP) is 1.41. The van der Waals surface area contributed by atoms with E-state index in [1.165, 1.54) is 0 Å². The first-order valence-electron chi connectivity index (χ1n) is 4.40. The van der Waals surface area contributed by atoms with Gasteiger partial charge in [-0.05, 0) is 0 Å². The number of imidazole rings is 1. The first-order valence-corrected chi connectivity index (χ1v) is 4.40. The average molecular weight is 166 g/mol. The van der Waals surface area contributed by atoms with Gasteiger partial charge < -0.3 is 9.30 Å². The summed E-state index contributed by atoms with van der Waals surface area (Å²) in [5.74, 6) is 1.66. The lowest BCUT2D eigenvalue weighted by Gasteiger charge is -2.07. The topological polar surface area (TPSA) is 30.4 Å². The number of ether oxygens (including phenoxy) is 1. The fourth-order valence-electron chi connectivity index (χ4n) is 1.37. The number of hydrogen-bond donors (Lipinski definition) is 0. The van der Waals surface area contributed by atoms with Crippen molar-refractivity contribution >= 4 is 0 Å². The van der Waals surface area contributed by atoms with Gasteiger partial charge in [-0.1, -0.05) is 13.8 Å². The third-order valence-electron chi connectivity index (χ3n) is 2.07. The molecule has 0 aliphatic carbocycles. The zero-order valence-corrected chi connectivity index (χ0v) is 7.53. The van der Waals surface area contributed by atoms with Crippen LogP contribution in [0.1, 0.15) is 25.6 Å². The summed E-state index contributed by atoms with van der Waals surface area (Å²) in [6.45, 7) is 6.20. The van der Waals surface area contributed by atoms with Crippen molar-refractivity contribution in [2.24, 2.45) is 0 Å². The minimum atomic E-state index is 0.441. The Kier molecular flexibility index (Phi) is 1.89. The minimum Gasteiger partial charge on any atom is -0.371 e. The highest BCUT2D eigenvalue weighted by atomic mass is 16.6. The zero-order chi connectivity index (χ0) is 8.55. The van der Waals surface area contributed by atoms with Crippen molar-refractivity contribution in [1.29, 1.82) is 0 Å². The molecule has 0 aromatic carbocycles. The summed E-state index contributed by atoms with van der Waals surface area (Å²) < 4.78 is 7.35. The molecule has 1 aromatic rings. The highest BCUT2D eigenvalue weighted by Crippen LogP contribution is 2.16. The van der Waals surface area contributed by atoms with Crippen molar-refractivity contribution in [2.45, 2.75) is 32.4 Å². The molecule has 1 fully saturated rings. The molecule has 2 heterocycles. The summed E-state index contributed by atoms with van der Waals surface area (Å²) >= 11 is 0. The van der Waals surface area contributed by atoms with Gasteiger partial charge in [0.1, 0.15) is 5.82 Å². The van der Waals surface area contributed by atoms with Crippen LogP contribution < -0.4 is 0 Å². The summed E-state index contributed by atoms with van der Waals surface area (Å²) in [7, 11) is 0. The molecule has 0 unspecified atom stereocenters. The Hall–Kier alpha value is -0.830. The number of aromatic nitrogens is 2. The molecule has 0 saturated carbocycles. The fraction of sp³-hybridized carbons (Fsp3) is 0.667. The summed E-state index contributed by atoms with van der Waals surface area (Å²) in [5, 5.41) is 0. The Balaban J connectivity index is 2.11. The summed E-state index contributed by atoms with van der Waals surface area (Å²) in [4.78, 5) is 4.30. The largest absolute Gasteiger partial charge is 0.371 e. The zero-order valence-electron chi connectivity index (χ0n) is 7.53. The van der Waals surface area contributed by atoms with Crippen molar-refractivity contribution in [2.75, 3.05) is 6.61 Å². The van der Waals surface area contributed by atoms with Crippen molar-refractivity contribution in [3.8, 4) is 0 Å². The van der Waals surface area contributed by atoms with Gasteiger partial charge in [-0.3, -0.25) is 0 Å². The number of hydrogen-bond acceptors (Lipinski definition) is 2. The molecule has 0 N–H and O–H groups in total. The van der Waals surface area contributed by atoms with Crippen LogP contribution in [0.3, 0.4) is 0 Å². The highest BCUT2D eigenvalue weighted by molar-refractivity contribution is 4.98. The van der Waals surface area contributed by atoms with Gasteiger partial charge in [0, 0.05) is 18.3 Å². The van der Waals surface area contributed by atoms with Crippen LogP contribution in [-0.2, 0) is 11.3 Å². The molecule has 3 nitrogen and oxygen atoms in total. The standard InChI is InChI=1S/C9H14N2O/c1-7(2)9-10-3-4-11(9)5-8-6-12-8/h3-4,7-8H,5-6H2,1-2H3/t8-/m0/s1. The molecule has 0 radical (unpaired) electrons. The van der Waals surface area contributed by atoms with Crippen molar-refractivity contribution in [3.63, 3.8) is 0 Å². The quantitative estimate of drug-likeness (QED) is 0.635. The molecule has 0 amide bonds. The Labute approximate surface area is 72.4 Å². The molecule has 0 bridgehead atoms. The number of epoxide rings is 1. The molecule has 66 valence electrons. The second kappa shape index (κ2) is 2.90. The maximum absolute atomic E-state index is 5.17. The maximum Gasteiger partial charge on any atom is 0.111 e. The van der Waals surface area contributed by atoms with E-state index in [0.29, 0.717) is 12.0 Å². The van der Waals surface area contributed by atoms with Gasteiger partial charge in [-0.25, -0.2) is 4.98 Å². The van der Waals surface area contributed by atoms with Crippen LogP contribution in [0.5, 0.6) is 0 Å². The van der Waals surface area contributed by atoms with Crippen LogP contribution in [0.2, 0.25) is 0 Å². The normalized spacial score (nSPS) is 21.8. The third-order valence-corrected chi connectivity index (χ3v) is 2.07. The third kappa shape index (κ3) is 1.50. The van der Waals surface area contributed by atoms with Gasteiger partial charge in [0.15, 0.2) is 0 Å². The van der Waals surface area contributed by atoms with Crippen LogP contribution in [0, 0.1) is 0 Å². The van der Waals surface area contributed by atoms with Crippen molar-refractivity contribution in [3.05, 3.63) is 18.2 Å². The molecule has 12 heavy (non-hydrogen) atoms. The minimum absolute atomic E-state index is 0.441. The van der Waals surface area contributed by atoms with Crippen molar-refractivity contribution in [1.82, 2.24) is 9.55 Å². The van der Waals surface area contributed by atoms with E-state index >= 15 is 0 Å². The van der Waals surface area contributed by atoms with E-state index in [-0.39, 0.29) is 0 Å². The molecular weight excluding hydrogens is 152 g/mol. The van der Waals surface area contributed by atoms with E-state index in [4.69, 9.17) is 4.74 Å². The van der Waals surface area contributed by atoms with E-state index in [0.717, 1.165) is 19.0 Å². The lowest BCUT2D eigenvalue weighted by Crippen LogP contribution is -2.08. The van der Waals surface area contributed by atoms with Crippen LogP contribution >= 0.6 is 0 Å². The van der Waals surface area contributed by atoms with E-state index in [1.807, 2.05) is 12.4 Å². The Morgan fingerprint density at radius 1 is 1.75 bits per heavy atom. The number of rotatable bonds is 3. The van der Waals surface area contributed by atoms with E-state index in [2.05, 4.69) is 23.4 Å². The first-order chi connectivity index (χ1) is 5.77.